The normalized spacial score (nSPS) is 21.1. The average Bonchev–Trinajstić information content (AvgIpc) is 3.55. The number of fused-ring (bicyclic) bond motifs is 3. The number of carbonyl (C=O) groups excluding carboxylic acids is 3. The van der Waals surface area contributed by atoms with Gasteiger partial charge in [0.05, 0.1) is 41.1 Å². The monoisotopic (exact) mass is 607 g/mol. The van der Waals surface area contributed by atoms with Crippen molar-refractivity contribution in [2.45, 2.75) is 44.8 Å². The van der Waals surface area contributed by atoms with Crippen molar-refractivity contribution in [3.63, 3.8) is 0 Å². The Hall–Kier alpha value is -5.06. The molecule has 3 atom stereocenters. The fraction of sp³-hybridized carbons (Fsp3) is 0.353. The van der Waals surface area contributed by atoms with E-state index in [4.69, 9.17) is 4.74 Å². The van der Waals surface area contributed by atoms with Gasteiger partial charge in [-0.2, -0.15) is 0 Å². The third kappa shape index (κ3) is 5.01. The summed E-state index contributed by atoms with van der Waals surface area (Å²) in [7, 11) is 1.83. The predicted molar refractivity (Wildman–Crippen MR) is 162 cm³/mol. The lowest BCUT2D eigenvalue weighted by Crippen LogP contribution is -2.50. The molecular formula is C34H33N5O6. The zero-order valence-electron chi connectivity index (χ0n) is 24.9. The minimum absolute atomic E-state index is 0.0680. The smallest absolute Gasteiger partial charge is 0.307 e. The van der Waals surface area contributed by atoms with Gasteiger partial charge in [0.1, 0.15) is 17.9 Å². The number of hydrogen-bond donors (Lipinski definition) is 1. The highest BCUT2D eigenvalue weighted by molar-refractivity contribution is 6.21. The number of imide groups is 1. The summed E-state index contributed by atoms with van der Waals surface area (Å²) in [5, 5.41) is 18.2. The van der Waals surface area contributed by atoms with E-state index < -0.39 is 35.7 Å². The van der Waals surface area contributed by atoms with Crippen molar-refractivity contribution in [2.75, 3.05) is 13.1 Å². The molecule has 0 spiro atoms. The van der Waals surface area contributed by atoms with Crippen LogP contribution in [0.25, 0.3) is 11.0 Å². The number of ether oxygens (including phenoxy) is 1. The van der Waals surface area contributed by atoms with Crippen molar-refractivity contribution in [3.05, 3.63) is 88.5 Å². The van der Waals surface area contributed by atoms with Gasteiger partial charge >= 0.3 is 5.97 Å². The number of rotatable bonds is 7. The second kappa shape index (κ2) is 11.5. The Morgan fingerprint density at radius 1 is 0.956 bits per heavy atom. The highest BCUT2D eigenvalue weighted by atomic mass is 16.5. The van der Waals surface area contributed by atoms with Crippen LogP contribution in [0.2, 0.25) is 0 Å². The maximum atomic E-state index is 14.3. The number of aromatic nitrogens is 3. The van der Waals surface area contributed by atoms with Crippen molar-refractivity contribution in [2.24, 2.45) is 18.9 Å². The largest absolute Gasteiger partial charge is 0.489 e. The Labute approximate surface area is 259 Å². The Morgan fingerprint density at radius 3 is 2.42 bits per heavy atom. The fourth-order valence-corrected chi connectivity index (χ4v) is 7.17. The van der Waals surface area contributed by atoms with Gasteiger partial charge in [-0.15, -0.1) is 5.10 Å². The summed E-state index contributed by atoms with van der Waals surface area (Å²) in [5.74, 6) is -2.93. The van der Waals surface area contributed by atoms with Crippen LogP contribution >= 0.6 is 0 Å². The molecule has 1 aromatic heterocycles. The van der Waals surface area contributed by atoms with E-state index in [1.165, 1.54) is 4.90 Å². The van der Waals surface area contributed by atoms with Crippen molar-refractivity contribution >= 4 is 34.7 Å². The number of carbonyl (C=O) groups is 4. The van der Waals surface area contributed by atoms with Crippen molar-refractivity contribution in [1.82, 2.24) is 24.8 Å². The first-order valence-corrected chi connectivity index (χ1v) is 15.3. The van der Waals surface area contributed by atoms with Crippen LogP contribution in [0, 0.1) is 11.8 Å². The van der Waals surface area contributed by atoms with E-state index in [0.29, 0.717) is 42.7 Å². The minimum Gasteiger partial charge on any atom is -0.489 e. The van der Waals surface area contributed by atoms with Gasteiger partial charge in [-0.05, 0) is 60.7 Å². The summed E-state index contributed by atoms with van der Waals surface area (Å²) in [6.45, 7) is 0.497. The van der Waals surface area contributed by atoms with Crippen LogP contribution in [0.3, 0.4) is 0 Å². The first-order chi connectivity index (χ1) is 21.8. The van der Waals surface area contributed by atoms with Crippen LogP contribution in [-0.2, 0) is 29.7 Å². The van der Waals surface area contributed by atoms with Gasteiger partial charge in [0.2, 0.25) is 5.91 Å². The number of nitrogens with zero attached hydrogens (tertiary/aromatic N) is 5. The Bertz CT molecular complexity index is 1810. The molecule has 3 aliphatic rings. The standard InChI is InChI=1S/C34H33N5O6/c1-37-27-14-13-20(17-26(27)35-36-37)19-45-29-12-6-7-21-15-16-38(31(40)24-10-4-5-11-25(24)34(43)44)28(30(21)29)18-39-32(41)22-8-2-3-9-23(22)33(39)42/h2-3,6-9,12-14,17,24-25,28H,4-5,10-11,15-16,18-19H2,1H3,(H,43,44)/t24?,25-,28-/m1/s1. The maximum absolute atomic E-state index is 14.3. The van der Waals surface area contributed by atoms with Gasteiger partial charge in [-0.25, -0.2) is 4.68 Å². The third-order valence-electron chi connectivity index (χ3n) is 9.47. The van der Waals surface area contributed by atoms with Crippen LogP contribution < -0.4 is 4.74 Å². The van der Waals surface area contributed by atoms with Gasteiger partial charge in [0.15, 0.2) is 0 Å². The Morgan fingerprint density at radius 2 is 1.69 bits per heavy atom. The summed E-state index contributed by atoms with van der Waals surface area (Å²) >= 11 is 0. The van der Waals surface area contributed by atoms with E-state index in [9.17, 15) is 24.3 Å². The SMILES string of the molecule is Cn1nnc2cc(COc3cccc4c3[C@@H](CN3C(=O)c5ccccc5C3=O)N(C(=O)C3CCCC[C@H]3C(=O)O)CC4)ccc21. The van der Waals surface area contributed by atoms with E-state index >= 15 is 0 Å². The summed E-state index contributed by atoms with van der Waals surface area (Å²) < 4.78 is 8.11. The van der Waals surface area contributed by atoms with E-state index in [1.54, 1.807) is 33.8 Å². The minimum atomic E-state index is -0.966. The third-order valence-corrected chi connectivity index (χ3v) is 9.47. The lowest BCUT2D eigenvalue weighted by Gasteiger charge is -2.42. The van der Waals surface area contributed by atoms with E-state index in [2.05, 4.69) is 10.3 Å². The molecule has 1 fully saturated rings. The first-order valence-electron chi connectivity index (χ1n) is 15.3. The lowest BCUT2D eigenvalue weighted by molar-refractivity contribution is -0.153. The molecular weight excluding hydrogens is 574 g/mol. The number of aliphatic carboxylic acids is 1. The fourth-order valence-electron chi connectivity index (χ4n) is 7.17. The quantitative estimate of drug-likeness (QED) is 0.310. The number of aryl methyl sites for hydroxylation is 1. The van der Waals surface area contributed by atoms with Crippen LogP contribution in [0.5, 0.6) is 5.75 Å². The highest BCUT2D eigenvalue weighted by Gasteiger charge is 2.45. The van der Waals surface area contributed by atoms with Crippen molar-refractivity contribution in [1.29, 1.82) is 0 Å². The van der Waals surface area contributed by atoms with Gasteiger partial charge in [-0.1, -0.05) is 48.4 Å². The Kier molecular flexibility index (Phi) is 7.31. The zero-order valence-corrected chi connectivity index (χ0v) is 24.9. The van der Waals surface area contributed by atoms with Crippen LogP contribution in [0.1, 0.15) is 69.1 Å². The molecule has 1 aliphatic carbocycles. The molecule has 7 rings (SSSR count). The highest BCUT2D eigenvalue weighted by Crippen LogP contribution is 2.41. The summed E-state index contributed by atoms with van der Waals surface area (Å²) in [4.78, 5) is 56.4. The van der Waals surface area contributed by atoms with Gasteiger partial charge in [-0.3, -0.25) is 24.1 Å². The average molecular weight is 608 g/mol. The molecule has 0 bridgehead atoms. The van der Waals surface area contributed by atoms with Crippen molar-refractivity contribution < 1.29 is 29.0 Å². The van der Waals surface area contributed by atoms with Crippen LogP contribution in [0.4, 0.5) is 0 Å². The molecule has 1 N–H and O–H groups in total. The second-order valence-corrected chi connectivity index (χ2v) is 12.1. The molecule has 230 valence electrons. The molecule has 3 aromatic carbocycles. The molecule has 3 amide bonds. The number of benzene rings is 3. The second-order valence-electron chi connectivity index (χ2n) is 12.1. The molecule has 45 heavy (non-hydrogen) atoms. The number of carboxylic acid groups (broad SMARTS) is 1. The number of carboxylic acids is 1. The molecule has 0 saturated heterocycles. The molecule has 1 unspecified atom stereocenters. The molecule has 0 radical (unpaired) electrons. The topological polar surface area (TPSA) is 135 Å². The van der Waals surface area contributed by atoms with E-state index in [1.807, 2.05) is 43.4 Å². The van der Waals surface area contributed by atoms with Gasteiger partial charge in [0.25, 0.3) is 11.8 Å². The summed E-state index contributed by atoms with van der Waals surface area (Å²) in [5.41, 5.74) is 4.88. The van der Waals surface area contributed by atoms with Gasteiger partial charge in [0, 0.05) is 19.2 Å². The summed E-state index contributed by atoms with van der Waals surface area (Å²) in [6, 6.07) is 17.5. The number of hydrogen-bond acceptors (Lipinski definition) is 7. The lowest BCUT2D eigenvalue weighted by atomic mass is 9.77. The molecule has 11 heteroatoms. The first kappa shape index (κ1) is 28.7. The molecule has 2 aliphatic heterocycles. The van der Waals surface area contributed by atoms with E-state index in [0.717, 1.165) is 40.6 Å². The Balaban J connectivity index is 1.25. The van der Waals surface area contributed by atoms with Gasteiger partial charge < -0.3 is 14.7 Å². The van der Waals surface area contributed by atoms with Crippen molar-refractivity contribution in [3.8, 4) is 5.75 Å². The summed E-state index contributed by atoms with van der Waals surface area (Å²) in [6.07, 6.45) is 3.01. The molecule has 11 nitrogen and oxygen atoms in total. The van der Waals surface area contributed by atoms with Crippen LogP contribution in [0.15, 0.2) is 60.7 Å². The molecule has 3 heterocycles. The zero-order chi connectivity index (χ0) is 31.2. The predicted octanol–water partition coefficient (Wildman–Crippen LogP) is 4.16. The van der Waals surface area contributed by atoms with Crippen LogP contribution in [-0.4, -0.2) is 66.7 Å². The van der Waals surface area contributed by atoms with E-state index in [-0.39, 0.29) is 19.1 Å². The maximum Gasteiger partial charge on any atom is 0.307 e. The number of amides is 3. The molecule has 1 saturated carbocycles. The molecule has 4 aromatic rings.